The molecule has 1 aromatic heterocycles. The van der Waals surface area contributed by atoms with E-state index in [-0.39, 0.29) is 5.82 Å². The molecule has 0 saturated carbocycles. The minimum Gasteiger partial charge on any atom is -0.356 e. The number of aromatic nitrogens is 1. The van der Waals surface area contributed by atoms with Crippen LogP contribution in [-0.2, 0) is 6.54 Å². The molecule has 1 heterocycles. The maximum atomic E-state index is 13.5. The van der Waals surface area contributed by atoms with E-state index in [9.17, 15) is 4.39 Å². The molecule has 2 nitrogen and oxygen atoms in total. The minimum atomic E-state index is -0.182. The Balaban J connectivity index is 2.53. The number of H-pyrrole nitrogens is 1. The van der Waals surface area contributed by atoms with E-state index in [2.05, 4.69) is 17.2 Å². The average Bonchev–Trinajstić information content (AvgIpc) is 2.54. The van der Waals surface area contributed by atoms with Gasteiger partial charge >= 0.3 is 0 Å². The first kappa shape index (κ1) is 10.2. The second kappa shape index (κ2) is 4.03. The quantitative estimate of drug-likeness (QED) is 0.794. The van der Waals surface area contributed by atoms with Crippen molar-refractivity contribution < 1.29 is 4.39 Å². The first-order valence-electron chi connectivity index (χ1n) is 5.20. The molecule has 0 amide bonds. The van der Waals surface area contributed by atoms with Gasteiger partial charge < -0.3 is 10.3 Å². The Morgan fingerprint density at radius 2 is 2.20 bits per heavy atom. The largest absolute Gasteiger partial charge is 0.356 e. The van der Waals surface area contributed by atoms with Crippen LogP contribution in [0.5, 0.6) is 0 Å². The SMILES string of the molecule is CCNCc1c(C)[nH]c2c(F)cccc12. The molecular weight excluding hydrogens is 191 g/mol. The van der Waals surface area contributed by atoms with E-state index < -0.39 is 0 Å². The van der Waals surface area contributed by atoms with Gasteiger partial charge in [0.1, 0.15) is 5.82 Å². The fourth-order valence-corrected chi connectivity index (χ4v) is 1.85. The van der Waals surface area contributed by atoms with Crippen LogP contribution in [0.2, 0.25) is 0 Å². The Bertz CT molecular complexity index is 474. The molecule has 0 bridgehead atoms. The molecule has 0 saturated heterocycles. The van der Waals surface area contributed by atoms with Crippen molar-refractivity contribution in [3.05, 3.63) is 35.3 Å². The summed E-state index contributed by atoms with van der Waals surface area (Å²) in [6.07, 6.45) is 0. The van der Waals surface area contributed by atoms with Crippen LogP contribution in [0, 0.1) is 12.7 Å². The average molecular weight is 206 g/mol. The Morgan fingerprint density at radius 1 is 1.40 bits per heavy atom. The van der Waals surface area contributed by atoms with Crippen LogP contribution in [0.3, 0.4) is 0 Å². The van der Waals surface area contributed by atoms with Crippen LogP contribution in [0.1, 0.15) is 18.2 Å². The topological polar surface area (TPSA) is 27.8 Å². The molecule has 3 heteroatoms. The van der Waals surface area contributed by atoms with Crippen LogP contribution in [-0.4, -0.2) is 11.5 Å². The van der Waals surface area contributed by atoms with Crippen LogP contribution < -0.4 is 5.32 Å². The summed E-state index contributed by atoms with van der Waals surface area (Å²) in [5.74, 6) is -0.182. The fraction of sp³-hybridized carbons (Fsp3) is 0.333. The molecular formula is C12H15FN2. The van der Waals surface area contributed by atoms with Crippen LogP contribution in [0.4, 0.5) is 4.39 Å². The van der Waals surface area contributed by atoms with E-state index in [0.29, 0.717) is 5.52 Å². The van der Waals surface area contributed by atoms with E-state index in [1.165, 1.54) is 6.07 Å². The molecule has 2 rings (SSSR count). The van der Waals surface area contributed by atoms with Gasteiger partial charge in [-0.15, -0.1) is 0 Å². The molecule has 0 fully saturated rings. The Morgan fingerprint density at radius 3 is 2.93 bits per heavy atom. The number of aryl methyl sites for hydroxylation is 1. The van der Waals surface area contributed by atoms with E-state index in [1.54, 1.807) is 6.07 Å². The van der Waals surface area contributed by atoms with E-state index in [0.717, 1.165) is 29.7 Å². The number of rotatable bonds is 3. The number of hydrogen-bond donors (Lipinski definition) is 2. The first-order valence-corrected chi connectivity index (χ1v) is 5.20. The lowest BCUT2D eigenvalue weighted by Gasteiger charge is -2.01. The number of benzene rings is 1. The second-order valence-corrected chi connectivity index (χ2v) is 3.67. The van der Waals surface area contributed by atoms with Crippen molar-refractivity contribution in [2.45, 2.75) is 20.4 Å². The monoisotopic (exact) mass is 206 g/mol. The highest BCUT2D eigenvalue weighted by atomic mass is 19.1. The molecule has 0 unspecified atom stereocenters. The summed E-state index contributed by atoms with van der Waals surface area (Å²) < 4.78 is 13.5. The van der Waals surface area contributed by atoms with Crippen LogP contribution in [0.15, 0.2) is 18.2 Å². The van der Waals surface area contributed by atoms with Gasteiger partial charge in [-0.2, -0.15) is 0 Å². The molecule has 2 aromatic rings. The van der Waals surface area contributed by atoms with E-state index in [1.807, 2.05) is 13.0 Å². The second-order valence-electron chi connectivity index (χ2n) is 3.67. The molecule has 80 valence electrons. The van der Waals surface area contributed by atoms with Gasteiger partial charge in [-0.1, -0.05) is 19.1 Å². The summed E-state index contributed by atoms with van der Waals surface area (Å²) in [6.45, 7) is 5.74. The van der Waals surface area contributed by atoms with Gasteiger partial charge in [0.15, 0.2) is 0 Å². The summed E-state index contributed by atoms with van der Waals surface area (Å²) in [4.78, 5) is 3.09. The lowest BCUT2D eigenvalue weighted by Crippen LogP contribution is -2.12. The minimum absolute atomic E-state index is 0.182. The van der Waals surface area contributed by atoms with Gasteiger partial charge in [0, 0.05) is 17.6 Å². The lowest BCUT2D eigenvalue weighted by molar-refractivity contribution is 0.637. The van der Waals surface area contributed by atoms with Crippen molar-refractivity contribution in [2.24, 2.45) is 0 Å². The summed E-state index contributed by atoms with van der Waals surface area (Å²) >= 11 is 0. The summed E-state index contributed by atoms with van der Waals surface area (Å²) in [7, 11) is 0. The van der Waals surface area contributed by atoms with Gasteiger partial charge in [0.25, 0.3) is 0 Å². The molecule has 0 spiro atoms. The molecule has 0 radical (unpaired) electrons. The van der Waals surface area contributed by atoms with Crippen molar-refractivity contribution in [3.8, 4) is 0 Å². The van der Waals surface area contributed by atoms with E-state index in [4.69, 9.17) is 0 Å². The predicted octanol–water partition coefficient (Wildman–Crippen LogP) is 2.72. The van der Waals surface area contributed by atoms with Gasteiger partial charge in [0.05, 0.1) is 5.52 Å². The predicted molar refractivity (Wildman–Crippen MR) is 60.4 cm³/mol. The highest BCUT2D eigenvalue weighted by Gasteiger charge is 2.10. The highest BCUT2D eigenvalue weighted by molar-refractivity contribution is 5.85. The van der Waals surface area contributed by atoms with Crippen molar-refractivity contribution in [1.29, 1.82) is 0 Å². The summed E-state index contributed by atoms with van der Waals surface area (Å²) in [6, 6.07) is 5.18. The zero-order valence-corrected chi connectivity index (χ0v) is 9.02. The third-order valence-electron chi connectivity index (χ3n) is 2.66. The Labute approximate surface area is 88.5 Å². The summed E-state index contributed by atoms with van der Waals surface area (Å²) in [5, 5.41) is 4.24. The molecule has 0 atom stereocenters. The Kier molecular flexibility index (Phi) is 2.73. The number of nitrogens with one attached hydrogen (secondary N) is 2. The third-order valence-corrected chi connectivity index (χ3v) is 2.66. The Hall–Kier alpha value is -1.35. The number of hydrogen-bond acceptors (Lipinski definition) is 1. The molecule has 0 aliphatic carbocycles. The smallest absolute Gasteiger partial charge is 0.147 e. The standard InChI is InChI=1S/C12H15FN2/c1-3-14-7-10-8(2)15-12-9(10)5-4-6-11(12)13/h4-6,14-15H,3,7H2,1-2H3. The van der Waals surface area contributed by atoms with Gasteiger partial charge in [-0.3, -0.25) is 0 Å². The third kappa shape index (κ3) is 1.75. The van der Waals surface area contributed by atoms with Gasteiger partial charge in [-0.25, -0.2) is 4.39 Å². The number of aromatic amines is 1. The lowest BCUT2D eigenvalue weighted by atomic mass is 10.1. The normalized spacial score (nSPS) is 11.1. The van der Waals surface area contributed by atoms with Crippen molar-refractivity contribution in [3.63, 3.8) is 0 Å². The molecule has 2 N–H and O–H groups in total. The molecule has 0 aliphatic rings. The number of para-hydroxylation sites is 1. The summed E-state index contributed by atoms with van der Waals surface area (Å²) in [5.41, 5.74) is 2.81. The number of halogens is 1. The number of fused-ring (bicyclic) bond motifs is 1. The van der Waals surface area contributed by atoms with Crippen molar-refractivity contribution >= 4 is 10.9 Å². The van der Waals surface area contributed by atoms with E-state index >= 15 is 0 Å². The van der Waals surface area contributed by atoms with Crippen molar-refractivity contribution in [2.75, 3.05) is 6.54 Å². The maximum absolute atomic E-state index is 13.5. The molecule has 0 aliphatic heterocycles. The van der Waals surface area contributed by atoms with Crippen LogP contribution >= 0.6 is 0 Å². The molecule has 1 aromatic carbocycles. The van der Waals surface area contributed by atoms with Gasteiger partial charge in [-0.05, 0) is 25.1 Å². The first-order chi connectivity index (χ1) is 7.24. The van der Waals surface area contributed by atoms with Crippen molar-refractivity contribution in [1.82, 2.24) is 10.3 Å². The molecule has 15 heavy (non-hydrogen) atoms. The fourth-order valence-electron chi connectivity index (χ4n) is 1.85. The zero-order chi connectivity index (χ0) is 10.8. The highest BCUT2D eigenvalue weighted by Crippen LogP contribution is 2.23. The van der Waals surface area contributed by atoms with Gasteiger partial charge in [0.2, 0.25) is 0 Å². The zero-order valence-electron chi connectivity index (χ0n) is 9.02. The maximum Gasteiger partial charge on any atom is 0.147 e. The van der Waals surface area contributed by atoms with Crippen LogP contribution in [0.25, 0.3) is 10.9 Å².